The number of amides is 1. The molecule has 1 N–H and O–H groups in total. The molecule has 1 heterocycles. The molecule has 0 spiro atoms. The van der Waals surface area contributed by atoms with E-state index in [0.717, 1.165) is 17.5 Å². The van der Waals surface area contributed by atoms with Crippen molar-refractivity contribution < 1.29 is 17.9 Å². The van der Waals surface area contributed by atoms with Crippen LogP contribution >= 0.6 is 0 Å². The van der Waals surface area contributed by atoms with Gasteiger partial charge < -0.3 is 4.74 Å². The van der Waals surface area contributed by atoms with E-state index in [-0.39, 0.29) is 18.1 Å². The third-order valence-corrected chi connectivity index (χ3v) is 6.89. The van der Waals surface area contributed by atoms with Gasteiger partial charge in [0.2, 0.25) is 15.9 Å². The number of carbonyl (C=O) groups excluding carboxylic acids is 1. The molecule has 0 radical (unpaired) electrons. The molecule has 1 saturated heterocycles. The normalized spacial score (nSPS) is 17.7. The van der Waals surface area contributed by atoms with Crippen LogP contribution in [0.1, 0.15) is 36.0 Å². The third-order valence-electron chi connectivity index (χ3n) is 5.51. The predicted octanol–water partition coefficient (Wildman–Crippen LogP) is 4.43. The van der Waals surface area contributed by atoms with Gasteiger partial charge in [-0.25, -0.2) is 8.42 Å². The highest BCUT2D eigenvalue weighted by molar-refractivity contribution is 7.90. The Labute approximate surface area is 183 Å². The Balaban J connectivity index is 1.44. The third kappa shape index (κ3) is 5.14. The average molecular weight is 436 g/mol. The summed E-state index contributed by atoms with van der Waals surface area (Å²) in [6.45, 7) is 2.59. The van der Waals surface area contributed by atoms with Crippen LogP contribution in [-0.2, 0) is 27.8 Å². The summed E-state index contributed by atoms with van der Waals surface area (Å²) in [5.74, 6) is -0.166. The average Bonchev–Trinajstić information content (AvgIpc) is 2.77. The van der Waals surface area contributed by atoms with Crippen LogP contribution in [0.25, 0.3) is 11.1 Å². The van der Waals surface area contributed by atoms with Crippen molar-refractivity contribution in [2.24, 2.45) is 0 Å². The van der Waals surface area contributed by atoms with Gasteiger partial charge >= 0.3 is 0 Å². The van der Waals surface area contributed by atoms with E-state index in [1.807, 2.05) is 41.1 Å². The molecule has 0 aromatic heterocycles. The highest BCUT2D eigenvalue weighted by Gasteiger charge is 2.30. The van der Waals surface area contributed by atoms with Crippen molar-refractivity contribution in [3.8, 4) is 16.9 Å². The van der Waals surface area contributed by atoms with Crippen LogP contribution in [0.4, 0.5) is 0 Å². The first-order valence-electron chi connectivity index (χ1n) is 10.4. The van der Waals surface area contributed by atoms with Gasteiger partial charge in [-0.2, -0.15) is 0 Å². The number of ether oxygens (including phenoxy) is 1. The molecule has 4 rings (SSSR count). The van der Waals surface area contributed by atoms with Crippen molar-refractivity contribution in [3.63, 3.8) is 0 Å². The summed E-state index contributed by atoms with van der Waals surface area (Å²) < 4.78 is 31.6. The second-order valence-electron chi connectivity index (χ2n) is 7.78. The van der Waals surface area contributed by atoms with Gasteiger partial charge in [0.25, 0.3) is 0 Å². The predicted molar refractivity (Wildman–Crippen MR) is 121 cm³/mol. The standard InChI is InChI=1S/C25H25NO4S/c1-2-19-7-3-4-9-24(19)21-8-5-6-18(14-21)16-30-23-12-10-20(11-13-23)22-15-25(27)26-31(28,29)17-22/h3-14,22H,2,15-17H2,1H3,(H,26,27). The van der Waals surface area contributed by atoms with Crippen LogP contribution in [0.5, 0.6) is 5.75 Å². The molecule has 0 bridgehead atoms. The maximum Gasteiger partial charge on any atom is 0.235 e. The van der Waals surface area contributed by atoms with E-state index in [1.54, 1.807) is 0 Å². The molecule has 1 amide bonds. The lowest BCUT2D eigenvalue weighted by Crippen LogP contribution is -2.40. The summed E-state index contributed by atoms with van der Waals surface area (Å²) in [5.41, 5.74) is 5.62. The number of hydrogen-bond donors (Lipinski definition) is 1. The Morgan fingerprint density at radius 3 is 2.52 bits per heavy atom. The highest BCUT2D eigenvalue weighted by Crippen LogP contribution is 2.28. The highest BCUT2D eigenvalue weighted by atomic mass is 32.2. The second-order valence-corrected chi connectivity index (χ2v) is 9.54. The van der Waals surface area contributed by atoms with Crippen LogP contribution in [-0.4, -0.2) is 20.1 Å². The Bertz CT molecular complexity index is 1190. The maximum absolute atomic E-state index is 11.8. The van der Waals surface area contributed by atoms with Crippen molar-refractivity contribution >= 4 is 15.9 Å². The zero-order chi connectivity index (χ0) is 21.8. The molecule has 1 aliphatic rings. The number of benzene rings is 3. The van der Waals surface area contributed by atoms with E-state index in [1.165, 1.54) is 16.7 Å². The topological polar surface area (TPSA) is 72.5 Å². The summed E-state index contributed by atoms with van der Waals surface area (Å²) in [6, 6.07) is 24.1. The van der Waals surface area contributed by atoms with Crippen LogP contribution in [0.2, 0.25) is 0 Å². The molecule has 3 aromatic carbocycles. The Morgan fingerprint density at radius 1 is 1.00 bits per heavy atom. The number of nitrogens with one attached hydrogen (secondary N) is 1. The zero-order valence-corrected chi connectivity index (χ0v) is 18.2. The largest absolute Gasteiger partial charge is 0.489 e. The molecule has 6 heteroatoms. The smallest absolute Gasteiger partial charge is 0.235 e. The molecule has 0 saturated carbocycles. The molecular formula is C25H25NO4S. The lowest BCUT2D eigenvalue weighted by Gasteiger charge is -2.22. The van der Waals surface area contributed by atoms with Crippen molar-refractivity contribution in [1.82, 2.24) is 4.72 Å². The minimum Gasteiger partial charge on any atom is -0.489 e. The molecule has 1 fully saturated rings. The molecule has 1 aliphatic heterocycles. The zero-order valence-electron chi connectivity index (χ0n) is 17.4. The number of carbonyl (C=O) groups is 1. The molecule has 31 heavy (non-hydrogen) atoms. The van der Waals surface area contributed by atoms with Crippen molar-refractivity contribution in [2.75, 3.05) is 5.75 Å². The molecule has 0 aliphatic carbocycles. The van der Waals surface area contributed by atoms with Gasteiger partial charge in [0.1, 0.15) is 12.4 Å². The van der Waals surface area contributed by atoms with E-state index in [9.17, 15) is 13.2 Å². The molecule has 160 valence electrons. The Morgan fingerprint density at radius 2 is 1.77 bits per heavy atom. The molecule has 5 nitrogen and oxygen atoms in total. The van der Waals surface area contributed by atoms with E-state index in [2.05, 4.69) is 43.3 Å². The number of aryl methyl sites for hydroxylation is 1. The van der Waals surface area contributed by atoms with E-state index >= 15 is 0 Å². The first-order valence-corrected chi connectivity index (χ1v) is 12.0. The van der Waals surface area contributed by atoms with Crippen molar-refractivity contribution in [1.29, 1.82) is 0 Å². The van der Waals surface area contributed by atoms with E-state index < -0.39 is 15.9 Å². The number of hydrogen-bond acceptors (Lipinski definition) is 4. The van der Waals surface area contributed by atoms with Crippen molar-refractivity contribution in [2.45, 2.75) is 32.3 Å². The van der Waals surface area contributed by atoms with Gasteiger partial charge in [-0.15, -0.1) is 0 Å². The molecule has 1 unspecified atom stereocenters. The fraction of sp³-hybridized carbons (Fsp3) is 0.240. The fourth-order valence-corrected chi connectivity index (χ4v) is 5.31. The van der Waals surface area contributed by atoms with Gasteiger partial charge in [0, 0.05) is 12.3 Å². The summed E-state index contributed by atoms with van der Waals surface area (Å²) in [7, 11) is -3.55. The fourth-order valence-electron chi connectivity index (χ4n) is 3.96. The monoisotopic (exact) mass is 435 g/mol. The van der Waals surface area contributed by atoms with Crippen LogP contribution in [0.15, 0.2) is 72.8 Å². The van der Waals surface area contributed by atoms with Crippen LogP contribution in [0.3, 0.4) is 0 Å². The number of sulfonamides is 1. The van der Waals surface area contributed by atoms with Gasteiger partial charge in [0.15, 0.2) is 0 Å². The van der Waals surface area contributed by atoms with Crippen molar-refractivity contribution in [3.05, 3.63) is 89.5 Å². The van der Waals surface area contributed by atoms with E-state index in [4.69, 9.17) is 4.74 Å². The summed E-state index contributed by atoms with van der Waals surface area (Å²) in [6.07, 6.45) is 1.15. The second kappa shape index (κ2) is 8.94. The minimum atomic E-state index is -3.55. The Hall–Kier alpha value is -3.12. The first-order chi connectivity index (χ1) is 14.9. The molecular weight excluding hydrogens is 410 g/mol. The lowest BCUT2D eigenvalue weighted by molar-refractivity contribution is -0.119. The summed E-state index contributed by atoms with van der Waals surface area (Å²) in [4.78, 5) is 11.6. The lowest BCUT2D eigenvalue weighted by atomic mass is 9.97. The quantitative estimate of drug-likeness (QED) is 0.622. The van der Waals surface area contributed by atoms with Gasteiger partial charge in [-0.05, 0) is 52.4 Å². The summed E-state index contributed by atoms with van der Waals surface area (Å²) in [5, 5.41) is 0. The molecule has 3 aromatic rings. The van der Waals surface area contributed by atoms with Crippen LogP contribution in [0, 0.1) is 0 Å². The summed E-state index contributed by atoms with van der Waals surface area (Å²) >= 11 is 0. The maximum atomic E-state index is 11.8. The van der Waals surface area contributed by atoms with Crippen LogP contribution < -0.4 is 9.46 Å². The first kappa shape index (κ1) is 21.1. The minimum absolute atomic E-state index is 0.0784. The molecule has 1 atom stereocenters. The van der Waals surface area contributed by atoms with E-state index in [0.29, 0.717) is 12.4 Å². The Kier molecular flexibility index (Phi) is 6.09. The van der Waals surface area contributed by atoms with Gasteiger partial charge in [-0.1, -0.05) is 61.5 Å². The van der Waals surface area contributed by atoms with Gasteiger partial charge in [-0.3, -0.25) is 9.52 Å². The SMILES string of the molecule is CCc1ccccc1-c1cccc(COc2ccc(C3CC(=O)NS(=O)(=O)C3)cc2)c1. The van der Waals surface area contributed by atoms with Gasteiger partial charge in [0.05, 0.1) is 5.75 Å². The number of rotatable bonds is 6.